The fourth-order valence-electron chi connectivity index (χ4n) is 3.56. The van der Waals surface area contributed by atoms with Crippen molar-refractivity contribution in [1.29, 1.82) is 0 Å². The highest BCUT2D eigenvalue weighted by atomic mass is 35.5. The van der Waals surface area contributed by atoms with Gasteiger partial charge in [0.25, 0.3) is 0 Å². The van der Waals surface area contributed by atoms with Crippen LogP contribution in [0.1, 0.15) is 12.0 Å². The van der Waals surface area contributed by atoms with Gasteiger partial charge in [-0.2, -0.15) is 0 Å². The maximum absolute atomic E-state index is 12.9. The number of benzene rings is 1. The lowest BCUT2D eigenvalue weighted by Gasteiger charge is -2.37. The van der Waals surface area contributed by atoms with Gasteiger partial charge in [0.05, 0.1) is 13.0 Å². The zero-order valence-corrected chi connectivity index (χ0v) is 17.7. The molecule has 0 saturated carbocycles. The summed E-state index contributed by atoms with van der Waals surface area (Å²) in [6, 6.07) is 4.45. The maximum Gasteiger partial charge on any atom is 0.243 e. The van der Waals surface area contributed by atoms with Gasteiger partial charge in [-0.25, -0.2) is 0 Å². The van der Waals surface area contributed by atoms with E-state index in [4.69, 9.17) is 11.6 Å². The minimum Gasteiger partial charge on any atom is -0.353 e. The molecule has 0 bridgehead atoms. The molecule has 0 spiro atoms. The van der Waals surface area contributed by atoms with Crippen LogP contribution in [0.2, 0.25) is 5.02 Å². The molecule has 2 fully saturated rings. The number of nitrogens with one attached hydrogen (secondary N) is 2. The largest absolute Gasteiger partial charge is 0.353 e. The van der Waals surface area contributed by atoms with Gasteiger partial charge in [0.1, 0.15) is 6.04 Å². The molecule has 0 unspecified atom stereocenters. The molecular weight excluding hydrogens is 394 g/mol. The SMILES string of the molecule is Cc1ccc(NC(=O)C[C@H]2C(=O)NCCN2C(=O)CN2CCN(C)CC2)cc1Cl. The van der Waals surface area contributed by atoms with Gasteiger partial charge >= 0.3 is 0 Å². The Morgan fingerprint density at radius 3 is 2.62 bits per heavy atom. The summed E-state index contributed by atoms with van der Waals surface area (Å²) in [6.45, 7) is 6.43. The Balaban J connectivity index is 1.61. The molecule has 2 N–H and O–H groups in total. The van der Waals surface area contributed by atoms with Gasteiger partial charge in [-0.3, -0.25) is 19.3 Å². The minimum atomic E-state index is -0.801. The van der Waals surface area contributed by atoms with Crippen LogP contribution in [-0.4, -0.2) is 91.3 Å². The molecule has 158 valence electrons. The monoisotopic (exact) mass is 421 g/mol. The first-order chi connectivity index (χ1) is 13.8. The van der Waals surface area contributed by atoms with E-state index in [9.17, 15) is 14.4 Å². The van der Waals surface area contributed by atoms with Gasteiger partial charge in [-0.1, -0.05) is 17.7 Å². The number of hydrogen-bond acceptors (Lipinski definition) is 5. The minimum absolute atomic E-state index is 0.0915. The molecule has 2 aliphatic heterocycles. The number of rotatable bonds is 5. The quantitative estimate of drug-likeness (QED) is 0.725. The summed E-state index contributed by atoms with van der Waals surface area (Å²) in [5.41, 5.74) is 1.48. The van der Waals surface area contributed by atoms with Crippen molar-refractivity contribution in [2.24, 2.45) is 0 Å². The van der Waals surface area contributed by atoms with Crippen molar-refractivity contribution in [3.05, 3.63) is 28.8 Å². The Labute approximate surface area is 176 Å². The van der Waals surface area contributed by atoms with Gasteiger partial charge in [0.15, 0.2) is 0 Å². The van der Waals surface area contributed by atoms with Crippen LogP contribution in [0.3, 0.4) is 0 Å². The van der Waals surface area contributed by atoms with E-state index in [-0.39, 0.29) is 30.7 Å². The molecule has 3 amide bonds. The van der Waals surface area contributed by atoms with Gasteiger partial charge in [-0.05, 0) is 31.7 Å². The number of likely N-dealkylation sites (N-methyl/N-ethyl adjacent to an activating group) is 1. The average molecular weight is 422 g/mol. The van der Waals surface area contributed by atoms with E-state index in [0.717, 1.165) is 31.7 Å². The summed E-state index contributed by atoms with van der Waals surface area (Å²) in [6.07, 6.45) is -0.0915. The number of anilines is 1. The second-order valence-corrected chi connectivity index (χ2v) is 8.10. The fraction of sp³-hybridized carbons (Fsp3) is 0.550. The number of hydrogen-bond donors (Lipinski definition) is 2. The van der Waals surface area contributed by atoms with Crippen molar-refractivity contribution >= 4 is 35.0 Å². The molecule has 2 aliphatic rings. The van der Waals surface area contributed by atoms with E-state index < -0.39 is 6.04 Å². The number of aryl methyl sites for hydroxylation is 1. The molecule has 2 saturated heterocycles. The topological polar surface area (TPSA) is 85.0 Å². The molecule has 1 aromatic rings. The number of carbonyl (C=O) groups excluding carboxylic acids is 3. The Hall–Kier alpha value is -2.16. The molecule has 2 heterocycles. The lowest BCUT2D eigenvalue weighted by molar-refractivity contribution is -0.145. The van der Waals surface area contributed by atoms with E-state index >= 15 is 0 Å². The molecular formula is C20H28ClN5O3. The van der Waals surface area contributed by atoms with E-state index in [1.165, 1.54) is 0 Å². The van der Waals surface area contributed by atoms with Crippen LogP contribution in [0, 0.1) is 6.92 Å². The van der Waals surface area contributed by atoms with Crippen LogP contribution < -0.4 is 10.6 Å². The standard InChI is InChI=1S/C20H28ClN5O3/c1-14-3-4-15(11-16(14)21)23-18(27)12-17-20(29)22-5-6-26(17)19(28)13-25-9-7-24(2)8-10-25/h3-4,11,17H,5-10,12-13H2,1-2H3,(H,22,29)(H,23,27)/t17-/m0/s1. The molecule has 0 aromatic heterocycles. The molecule has 8 nitrogen and oxygen atoms in total. The molecule has 1 aromatic carbocycles. The Kier molecular flexibility index (Phi) is 7.10. The van der Waals surface area contributed by atoms with E-state index in [1.54, 1.807) is 17.0 Å². The predicted octanol–water partition coefficient (Wildman–Crippen LogP) is 0.551. The first-order valence-corrected chi connectivity index (χ1v) is 10.3. The lowest BCUT2D eigenvalue weighted by atomic mass is 10.1. The summed E-state index contributed by atoms with van der Waals surface area (Å²) < 4.78 is 0. The van der Waals surface area contributed by atoms with Crippen LogP contribution in [0.5, 0.6) is 0 Å². The molecule has 1 atom stereocenters. The lowest BCUT2D eigenvalue weighted by Crippen LogP contribution is -2.60. The third-order valence-electron chi connectivity index (χ3n) is 5.44. The third-order valence-corrected chi connectivity index (χ3v) is 5.85. The second kappa shape index (κ2) is 9.56. The van der Waals surface area contributed by atoms with Gasteiger partial charge in [-0.15, -0.1) is 0 Å². The number of halogens is 1. The zero-order chi connectivity index (χ0) is 21.0. The summed E-state index contributed by atoms with van der Waals surface area (Å²) in [4.78, 5) is 43.7. The van der Waals surface area contributed by atoms with E-state index in [1.807, 2.05) is 13.0 Å². The van der Waals surface area contributed by atoms with Gasteiger partial charge in [0.2, 0.25) is 17.7 Å². The van der Waals surface area contributed by atoms with Gasteiger partial charge < -0.3 is 20.4 Å². The summed E-state index contributed by atoms with van der Waals surface area (Å²) in [5, 5.41) is 6.08. The first kappa shape index (κ1) is 21.5. The highest BCUT2D eigenvalue weighted by Gasteiger charge is 2.35. The Bertz CT molecular complexity index is 779. The fourth-order valence-corrected chi connectivity index (χ4v) is 3.74. The second-order valence-electron chi connectivity index (χ2n) is 7.69. The normalized spacial score (nSPS) is 21.0. The number of amides is 3. The van der Waals surface area contributed by atoms with Crippen molar-refractivity contribution in [2.45, 2.75) is 19.4 Å². The van der Waals surface area contributed by atoms with Crippen LogP contribution in [0.4, 0.5) is 5.69 Å². The van der Waals surface area contributed by atoms with Gasteiger partial charge in [0, 0.05) is 50.0 Å². The van der Waals surface area contributed by atoms with Crippen LogP contribution in [0.15, 0.2) is 18.2 Å². The molecule has 29 heavy (non-hydrogen) atoms. The highest BCUT2D eigenvalue weighted by Crippen LogP contribution is 2.20. The predicted molar refractivity (Wildman–Crippen MR) is 112 cm³/mol. The number of carbonyl (C=O) groups is 3. The number of nitrogens with zero attached hydrogens (tertiary/aromatic N) is 3. The van der Waals surface area contributed by atoms with E-state index in [2.05, 4.69) is 27.5 Å². The maximum atomic E-state index is 12.9. The van der Waals surface area contributed by atoms with Crippen molar-refractivity contribution in [3.63, 3.8) is 0 Å². The van der Waals surface area contributed by atoms with Crippen LogP contribution >= 0.6 is 11.6 Å². The number of piperazine rings is 2. The summed E-state index contributed by atoms with van der Waals surface area (Å²) in [5.74, 6) is -0.731. The summed E-state index contributed by atoms with van der Waals surface area (Å²) >= 11 is 6.10. The van der Waals surface area contributed by atoms with Crippen molar-refractivity contribution in [3.8, 4) is 0 Å². The van der Waals surface area contributed by atoms with Crippen molar-refractivity contribution in [2.75, 3.05) is 58.2 Å². The zero-order valence-electron chi connectivity index (χ0n) is 16.9. The van der Waals surface area contributed by atoms with Crippen molar-refractivity contribution < 1.29 is 14.4 Å². The Morgan fingerprint density at radius 2 is 1.93 bits per heavy atom. The van der Waals surface area contributed by atoms with Crippen LogP contribution in [-0.2, 0) is 14.4 Å². The first-order valence-electron chi connectivity index (χ1n) is 9.87. The smallest absolute Gasteiger partial charge is 0.243 e. The molecule has 0 aliphatic carbocycles. The third kappa shape index (κ3) is 5.68. The average Bonchev–Trinajstić information content (AvgIpc) is 2.68. The molecule has 0 radical (unpaired) electrons. The van der Waals surface area contributed by atoms with E-state index in [0.29, 0.717) is 23.8 Å². The molecule has 9 heteroatoms. The Morgan fingerprint density at radius 1 is 1.21 bits per heavy atom. The van der Waals surface area contributed by atoms with Crippen molar-refractivity contribution in [1.82, 2.24) is 20.0 Å². The molecule has 3 rings (SSSR count). The summed E-state index contributed by atoms with van der Waals surface area (Å²) in [7, 11) is 2.06. The highest BCUT2D eigenvalue weighted by molar-refractivity contribution is 6.31. The van der Waals surface area contributed by atoms with Crippen LogP contribution in [0.25, 0.3) is 0 Å².